The van der Waals surface area contributed by atoms with Crippen LogP contribution in [0.2, 0.25) is 0 Å². The molecule has 0 atom stereocenters. The molecule has 1 aromatic rings. The SMILES string of the molecule is O=C(c1cccc([N+](=O)[O-])c1)N(CCO)CC(F)F. The smallest absolute Gasteiger partial charge is 0.270 e. The summed E-state index contributed by atoms with van der Waals surface area (Å²) in [6.45, 7) is -1.55. The molecular weight excluding hydrogens is 262 g/mol. The highest BCUT2D eigenvalue weighted by Gasteiger charge is 2.20. The largest absolute Gasteiger partial charge is 0.395 e. The molecule has 6 nitrogen and oxygen atoms in total. The monoisotopic (exact) mass is 274 g/mol. The van der Waals surface area contributed by atoms with Crippen molar-refractivity contribution in [2.24, 2.45) is 0 Å². The summed E-state index contributed by atoms with van der Waals surface area (Å²) in [6.07, 6.45) is -2.74. The van der Waals surface area contributed by atoms with Gasteiger partial charge >= 0.3 is 0 Å². The van der Waals surface area contributed by atoms with Gasteiger partial charge in [-0.3, -0.25) is 14.9 Å². The van der Waals surface area contributed by atoms with Crippen LogP contribution < -0.4 is 0 Å². The number of hydrogen-bond acceptors (Lipinski definition) is 4. The molecule has 19 heavy (non-hydrogen) atoms. The van der Waals surface area contributed by atoms with Crippen LogP contribution in [0.1, 0.15) is 10.4 Å². The number of nitrogens with zero attached hydrogens (tertiary/aromatic N) is 2. The molecule has 0 unspecified atom stereocenters. The van der Waals surface area contributed by atoms with Crippen LogP contribution in [-0.4, -0.2) is 47.0 Å². The Kier molecular flexibility index (Phi) is 5.31. The fourth-order valence-corrected chi connectivity index (χ4v) is 1.50. The van der Waals surface area contributed by atoms with E-state index in [4.69, 9.17) is 5.11 Å². The third-order valence-corrected chi connectivity index (χ3v) is 2.32. The summed E-state index contributed by atoms with van der Waals surface area (Å²) >= 11 is 0. The number of carbonyl (C=O) groups is 1. The highest BCUT2D eigenvalue weighted by molar-refractivity contribution is 5.94. The van der Waals surface area contributed by atoms with E-state index in [0.717, 1.165) is 11.0 Å². The van der Waals surface area contributed by atoms with Crippen LogP contribution in [0, 0.1) is 10.1 Å². The second-order valence-electron chi connectivity index (χ2n) is 3.67. The molecule has 0 heterocycles. The second-order valence-corrected chi connectivity index (χ2v) is 3.67. The van der Waals surface area contributed by atoms with Crippen molar-refractivity contribution >= 4 is 11.6 Å². The number of non-ortho nitro benzene ring substituents is 1. The number of halogens is 2. The number of nitro benzene ring substituents is 1. The van der Waals surface area contributed by atoms with E-state index < -0.39 is 30.4 Å². The number of alkyl halides is 2. The first-order valence-electron chi connectivity index (χ1n) is 5.38. The minimum Gasteiger partial charge on any atom is -0.395 e. The van der Waals surface area contributed by atoms with Crippen LogP contribution in [0.5, 0.6) is 0 Å². The Labute approximate surface area is 107 Å². The van der Waals surface area contributed by atoms with Crippen molar-refractivity contribution in [3.8, 4) is 0 Å². The van der Waals surface area contributed by atoms with Crippen LogP contribution in [0.4, 0.5) is 14.5 Å². The van der Waals surface area contributed by atoms with Crippen molar-refractivity contribution < 1.29 is 23.6 Å². The molecule has 0 saturated carbocycles. The van der Waals surface area contributed by atoms with Crippen LogP contribution in [0.3, 0.4) is 0 Å². The zero-order valence-electron chi connectivity index (χ0n) is 9.83. The fraction of sp³-hybridized carbons (Fsp3) is 0.364. The number of benzene rings is 1. The first kappa shape index (κ1) is 15.0. The van der Waals surface area contributed by atoms with Crippen LogP contribution in [0.25, 0.3) is 0 Å². The lowest BCUT2D eigenvalue weighted by Crippen LogP contribution is -2.37. The van der Waals surface area contributed by atoms with Gasteiger partial charge in [-0.05, 0) is 6.07 Å². The molecule has 0 fully saturated rings. The molecule has 1 rings (SSSR count). The summed E-state index contributed by atoms with van der Waals surface area (Å²) < 4.78 is 24.6. The summed E-state index contributed by atoms with van der Waals surface area (Å²) in [7, 11) is 0. The Morgan fingerprint density at radius 3 is 2.68 bits per heavy atom. The molecule has 0 spiro atoms. The summed E-state index contributed by atoms with van der Waals surface area (Å²) in [5.74, 6) is -0.780. The van der Waals surface area contributed by atoms with E-state index in [9.17, 15) is 23.7 Å². The Hall–Kier alpha value is -2.09. The van der Waals surface area contributed by atoms with Gasteiger partial charge in [0.15, 0.2) is 0 Å². The zero-order valence-corrected chi connectivity index (χ0v) is 9.83. The lowest BCUT2D eigenvalue weighted by atomic mass is 10.1. The molecular formula is C11H12F2N2O4. The molecule has 1 aromatic carbocycles. The summed E-state index contributed by atoms with van der Waals surface area (Å²) in [4.78, 5) is 22.5. The van der Waals surface area contributed by atoms with Crippen molar-refractivity contribution in [2.45, 2.75) is 6.43 Å². The van der Waals surface area contributed by atoms with Crippen LogP contribution in [-0.2, 0) is 0 Å². The first-order valence-corrected chi connectivity index (χ1v) is 5.38. The number of rotatable bonds is 6. The van der Waals surface area contributed by atoms with E-state index in [2.05, 4.69) is 0 Å². The van der Waals surface area contributed by atoms with Crippen molar-refractivity contribution in [3.05, 3.63) is 39.9 Å². The number of amides is 1. The fourth-order valence-electron chi connectivity index (χ4n) is 1.50. The van der Waals surface area contributed by atoms with Crippen LogP contribution >= 0.6 is 0 Å². The summed E-state index contributed by atoms with van der Waals surface area (Å²) in [5, 5.41) is 19.3. The van der Waals surface area contributed by atoms with Crippen molar-refractivity contribution in [1.82, 2.24) is 4.90 Å². The van der Waals surface area contributed by atoms with E-state index >= 15 is 0 Å². The van der Waals surface area contributed by atoms with E-state index in [1.807, 2.05) is 0 Å². The van der Waals surface area contributed by atoms with Gasteiger partial charge in [-0.2, -0.15) is 0 Å². The first-order chi connectivity index (χ1) is 8.95. The van der Waals surface area contributed by atoms with Gasteiger partial charge in [0.2, 0.25) is 0 Å². The van der Waals surface area contributed by atoms with Crippen LogP contribution in [0.15, 0.2) is 24.3 Å². The molecule has 0 aliphatic carbocycles. The minimum absolute atomic E-state index is 0.0664. The molecule has 1 N–H and O–H groups in total. The number of aliphatic hydroxyl groups is 1. The third kappa shape index (κ3) is 4.25. The van der Waals surface area contributed by atoms with Crippen molar-refractivity contribution in [1.29, 1.82) is 0 Å². The molecule has 0 aliphatic rings. The Bertz CT molecular complexity index is 468. The molecule has 0 aliphatic heterocycles. The zero-order chi connectivity index (χ0) is 14.4. The van der Waals surface area contributed by atoms with Gasteiger partial charge in [0, 0.05) is 24.2 Å². The number of hydrogen-bond donors (Lipinski definition) is 1. The van der Waals surface area contributed by atoms with Gasteiger partial charge < -0.3 is 10.0 Å². The maximum Gasteiger partial charge on any atom is 0.270 e. The summed E-state index contributed by atoms with van der Waals surface area (Å²) in [5.41, 5.74) is -0.366. The predicted molar refractivity (Wildman–Crippen MR) is 62.1 cm³/mol. The van der Waals surface area contributed by atoms with Gasteiger partial charge in [-0.25, -0.2) is 8.78 Å². The molecule has 0 aromatic heterocycles. The van der Waals surface area contributed by atoms with E-state index in [0.29, 0.717) is 0 Å². The standard InChI is InChI=1S/C11H12F2N2O4/c12-10(13)7-14(4-5-16)11(17)8-2-1-3-9(6-8)15(18)19/h1-3,6,10,16H,4-5,7H2. The topological polar surface area (TPSA) is 83.7 Å². The molecule has 0 bridgehead atoms. The normalized spacial score (nSPS) is 10.5. The highest BCUT2D eigenvalue weighted by atomic mass is 19.3. The quantitative estimate of drug-likeness (QED) is 0.626. The molecule has 8 heteroatoms. The minimum atomic E-state index is -2.74. The number of aliphatic hydroxyl groups excluding tert-OH is 1. The maximum atomic E-state index is 12.3. The van der Waals surface area contributed by atoms with Crippen molar-refractivity contribution in [2.75, 3.05) is 19.7 Å². The van der Waals surface area contributed by atoms with Gasteiger partial charge in [0.1, 0.15) is 0 Å². The third-order valence-electron chi connectivity index (χ3n) is 2.32. The Morgan fingerprint density at radius 1 is 1.47 bits per heavy atom. The highest BCUT2D eigenvalue weighted by Crippen LogP contribution is 2.15. The van der Waals surface area contributed by atoms with E-state index in [1.165, 1.54) is 18.2 Å². The van der Waals surface area contributed by atoms with Gasteiger partial charge in [-0.15, -0.1) is 0 Å². The maximum absolute atomic E-state index is 12.3. The average Bonchev–Trinajstić information content (AvgIpc) is 2.37. The lowest BCUT2D eigenvalue weighted by Gasteiger charge is -2.21. The van der Waals surface area contributed by atoms with Gasteiger partial charge in [0.25, 0.3) is 18.0 Å². The molecule has 0 radical (unpaired) electrons. The molecule has 104 valence electrons. The van der Waals surface area contributed by atoms with Crippen molar-refractivity contribution in [3.63, 3.8) is 0 Å². The van der Waals surface area contributed by atoms with E-state index in [1.54, 1.807) is 0 Å². The number of nitro groups is 1. The number of carbonyl (C=O) groups excluding carboxylic acids is 1. The molecule has 0 saturated heterocycles. The predicted octanol–water partition coefficient (Wildman–Crippen LogP) is 1.29. The molecule has 1 amide bonds. The Balaban J connectivity index is 2.95. The summed E-state index contributed by atoms with van der Waals surface area (Å²) in [6, 6.07) is 4.80. The van der Waals surface area contributed by atoms with Gasteiger partial charge in [0.05, 0.1) is 18.1 Å². The van der Waals surface area contributed by atoms with Gasteiger partial charge in [-0.1, -0.05) is 6.07 Å². The average molecular weight is 274 g/mol. The lowest BCUT2D eigenvalue weighted by molar-refractivity contribution is -0.384. The van der Waals surface area contributed by atoms with E-state index in [-0.39, 0.29) is 17.8 Å². The Morgan fingerprint density at radius 2 is 2.16 bits per heavy atom. The second kappa shape index (κ2) is 6.74.